The molecule has 1 amide bonds. The van der Waals surface area contributed by atoms with Gasteiger partial charge in [0.2, 0.25) is 5.91 Å². The molecule has 1 atom stereocenters. The van der Waals surface area contributed by atoms with Gasteiger partial charge in [0.05, 0.1) is 0 Å². The summed E-state index contributed by atoms with van der Waals surface area (Å²) >= 11 is 0. The molecule has 0 aliphatic heterocycles. The maximum absolute atomic E-state index is 11.7. The first-order valence-electron chi connectivity index (χ1n) is 7.71. The van der Waals surface area contributed by atoms with Crippen molar-refractivity contribution < 1.29 is 34.7 Å². The molecule has 0 saturated carbocycles. The van der Waals surface area contributed by atoms with E-state index in [4.69, 9.17) is 10.5 Å². The van der Waals surface area contributed by atoms with Crippen LogP contribution in [0.3, 0.4) is 0 Å². The molecule has 0 fully saturated rings. The lowest BCUT2D eigenvalue weighted by Crippen LogP contribution is -2.40. The molecule has 132 valence electrons. The van der Waals surface area contributed by atoms with Crippen LogP contribution in [-0.4, -0.2) is 34.4 Å². The average Bonchev–Trinajstić information content (AvgIpc) is 2.56. The molecule has 0 aliphatic rings. The first-order chi connectivity index (χ1) is 11.0. The molecule has 8 heteroatoms. The molecule has 0 aromatic heterocycles. The number of carbonyl (C=O) groups is 3. The van der Waals surface area contributed by atoms with Crippen LogP contribution in [0.15, 0.2) is 12.2 Å². The topological polar surface area (TPSA) is 122 Å². The fourth-order valence-corrected chi connectivity index (χ4v) is 1.91. The van der Waals surface area contributed by atoms with Crippen LogP contribution in [0.4, 0.5) is 0 Å². The molecule has 23 heavy (non-hydrogen) atoms. The monoisotopic (exact) mass is 331 g/mol. The van der Waals surface area contributed by atoms with E-state index in [0.717, 1.165) is 32.1 Å². The number of nitrogens with one attached hydrogen (secondary N) is 1. The van der Waals surface area contributed by atoms with Gasteiger partial charge >= 0.3 is 11.9 Å². The third kappa shape index (κ3) is 11.3. The zero-order chi connectivity index (χ0) is 17.5. The Balaban J connectivity index is 4.20. The second-order valence-corrected chi connectivity index (χ2v) is 5.08. The highest BCUT2D eigenvalue weighted by atomic mass is 17.1. The van der Waals surface area contributed by atoms with Crippen LogP contribution in [0, 0.1) is 0 Å². The van der Waals surface area contributed by atoms with Crippen LogP contribution in [0.25, 0.3) is 0 Å². The molecule has 0 aromatic carbocycles. The first-order valence-corrected chi connectivity index (χ1v) is 7.71. The normalized spacial score (nSPS) is 12.0. The average molecular weight is 331 g/mol. The maximum Gasteiger partial charge on any atom is 0.364 e. The van der Waals surface area contributed by atoms with Crippen molar-refractivity contribution in [3.05, 3.63) is 12.2 Å². The van der Waals surface area contributed by atoms with Gasteiger partial charge in [-0.1, -0.05) is 32.3 Å². The number of carbonyl (C=O) groups excluding carboxylic acids is 3. The Hall–Kier alpha value is -1.93. The Morgan fingerprint density at radius 1 is 1.09 bits per heavy atom. The minimum Gasteiger partial charge on any atom is -0.339 e. The Morgan fingerprint density at radius 2 is 1.83 bits per heavy atom. The fraction of sp³-hybridized carbons (Fsp3) is 0.667. The molecule has 0 aromatic rings. The van der Waals surface area contributed by atoms with Gasteiger partial charge in [-0.05, 0) is 31.8 Å². The van der Waals surface area contributed by atoms with Crippen LogP contribution in [0.2, 0.25) is 0 Å². The first kappa shape index (κ1) is 21.1. The minimum atomic E-state index is -1.08. The van der Waals surface area contributed by atoms with Crippen LogP contribution in [0.5, 0.6) is 0 Å². The SMILES string of the molecule is CCCCCC/C=C/C(=O)NC(CCCC(=O)OO)C(=O)OO. The number of hydrogen-bond donors (Lipinski definition) is 3. The lowest BCUT2D eigenvalue weighted by Gasteiger charge is -2.13. The van der Waals surface area contributed by atoms with Gasteiger partial charge in [0.1, 0.15) is 6.04 Å². The van der Waals surface area contributed by atoms with Gasteiger partial charge < -0.3 is 10.2 Å². The third-order valence-corrected chi connectivity index (χ3v) is 3.16. The molecule has 0 radical (unpaired) electrons. The van der Waals surface area contributed by atoms with Gasteiger partial charge in [-0.25, -0.2) is 9.59 Å². The number of unbranched alkanes of at least 4 members (excludes halogenated alkanes) is 4. The van der Waals surface area contributed by atoms with E-state index in [1.807, 2.05) is 0 Å². The highest BCUT2D eigenvalue weighted by Gasteiger charge is 2.22. The van der Waals surface area contributed by atoms with Crippen molar-refractivity contribution in [2.24, 2.45) is 0 Å². The minimum absolute atomic E-state index is 0.0601. The Morgan fingerprint density at radius 3 is 2.43 bits per heavy atom. The standard InChI is InChI=1S/C15H25NO7/c1-2-3-4-5-6-7-10-13(17)16-12(15(19)23-21)9-8-11-14(18)22-20/h7,10,12,20-21H,2-6,8-9,11H2,1H3,(H,16,17)/b10-7+. The summed E-state index contributed by atoms with van der Waals surface area (Å²) in [7, 11) is 0. The molecule has 0 rings (SSSR count). The summed E-state index contributed by atoms with van der Waals surface area (Å²) in [6.07, 6.45) is 8.29. The van der Waals surface area contributed by atoms with Gasteiger partial charge in [-0.3, -0.25) is 9.68 Å². The van der Waals surface area contributed by atoms with Crippen molar-refractivity contribution in [1.82, 2.24) is 5.32 Å². The van der Waals surface area contributed by atoms with Gasteiger partial charge in [0.15, 0.2) is 0 Å². The number of allylic oxidation sites excluding steroid dienone is 1. The van der Waals surface area contributed by atoms with Crippen molar-refractivity contribution >= 4 is 17.8 Å². The quantitative estimate of drug-likeness (QED) is 0.217. The summed E-state index contributed by atoms with van der Waals surface area (Å²) in [6.45, 7) is 2.11. The van der Waals surface area contributed by atoms with Crippen LogP contribution < -0.4 is 5.32 Å². The van der Waals surface area contributed by atoms with E-state index >= 15 is 0 Å². The molecule has 0 bridgehead atoms. The van der Waals surface area contributed by atoms with E-state index < -0.39 is 23.9 Å². The summed E-state index contributed by atoms with van der Waals surface area (Å²) in [5.74, 6) is -2.35. The summed E-state index contributed by atoms with van der Waals surface area (Å²) in [4.78, 5) is 40.9. The summed E-state index contributed by atoms with van der Waals surface area (Å²) < 4.78 is 0. The molecule has 1 unspecified atom stereocenters. The number of amides is 1. The van der Waals surface area contributed by atoms with E-state index in [0.29, 0.717) is 0 Å². The van der Waals surface area contributed by atoms with Gasteiger partial charge in [0, 0.05) is 6.42 Å². The van der Waals surface area contributed by atoms with E-state index in [1.165, 1.54) is 6.08 Å². The molecule has 0 heterocycles. The Labute approximate surface area is 135 Å². The van der Waals surface area contributed by atoms with Gasteiger partial charge in [-0.2, -0.15) is 10.5 Å². The van der Waals surface area contributed by atoms with E-state index in [9.17, 15) is 14.4 Å². The molecule has 0 aliphatic carbocycles. The largest absolute Gasteiger partial charge is 0.364 e. The lowest BCUT2D eigenvalue weighted by atomic mass is 10.1. The fourth-order valence-electron chi connectivity index (χ4n) is 1.91. The summed E-state index contributed by atoms with van der Waals surface area (Å²) in [5, 5.41) is 18.9. The Bertz CT molecular complexity index is 395. The van der Waals surface area contributed by atoms with Crippen LogP contribution in [-0.2, 0) is 24.2 Å². The van der Waals surface area contributed by atoms with Gasteiger partial charge in [0.25, 0.3) is 0 Å². The number of rotatable bonds is 12. The van der Waals surface area contributed by atoms with Crippen molar-refractivity contribution in [3.63, 3.8) is 0 Å². The van der Waals surface area contributed by atoms with E-state index in [-0.39, 0.29) is 19.3 Å². The Kier molecular flexibility index (Phi) is 12.6. The predicted molar refractivity (Wildman–Crippen MR) is 81.1 cm³/mol. The zero-order valence-corrected chi connectivity index (χ0v) is 13.3. The molecule has 0 spiro atoms. The highest BCUT2D eigenvalue weighted by molar-refractivity contribution is 5.91. The second-order valence-electron chi connectivity index (χ2n) is 5.08. The van der Waals surface area contributed by atoms with Crippen LogP contribution >= 0.6 is 0 Å². The number of hydrogen-bond acceptors (Lipinski definition) is 7. The van der Waals surface area contributed by atoms with E-state index in [1.54, 1.807) is 6.08 Å². The molecular formula is C15H25NO7. The van der Waals surface area contributed by atoms with Crippen molar-refractivity contribution in [2.75, 3.05) is 0 Å². The molecular weight excluding hydrogens is 306 g/mol. The zero-order valence-electron chi connectivity index (χ0n) is 13.3. The second kappa shape index (κ2) is 13.7. The summed E-state index contributed by atoms with van der Waals surface area (Å²) in [5.41, 5.74) is 0. The smallest absolute Gasteiger partial charge is 0.339 e. The molecule has 8 nitrogen and oxygen atoms in total. The van der Waals surface area contributed by atoms with E-state index in [2.05, 4.69) is 22.0 Å². The predicted octanol–water partition coefficient (Wildman–Crippen LogP) is 2.20. The van der Waals surface area contributed by atoms with Crippen molar-refractivity contribution in [2.45, 2.75) is 64.3 Å². The van der Waals surface area contributed by atoms with Crippen molar-refractivity contribution in [1.29, 1.82) is 0 Å². The van der Waals surface area contributed by atoms with Crippen LogP contribution in [0.1, 0.15) is 58.3 Å². The van der Waals surface area contributed by atoms with Gasteiger partial charge in [-0.15, -0.1) is 0 Å². The maximum atomic E-state index is 11.7. The molecule has 0 saturated heterocycles. The lowest BCUT2D eigenvalue weighted by molar-refractivity contribution is -0.237. The summed E-state index contributed by atoms with van der Waals surface area (Å²) in [6, 6.07) is -1.08. The third-order valence-electron chi connectivity index (χ3n) is 3.16. The highest BCUT2D eigenvalue weighted by Crippen LogP contribution is 2.05. The molecule has 3 N–H and O–H groups in total. The van der Waals surface area contributed by atoms with Crippen molar-refractivity contribution in [3.8, 4) is 0 Å².